The largest absolute Gasteiger partial charge is 0.490 e. The summed E-state index contributed by atoms with van der Waals surface area (Å²) in [7, 11) is 0. The van der Waals surface area contributed by atoms with Gasteiger partial charge in [0.25, 0.3) is 0 Å². The maximum atomic E-state index is 5.73. The highest BCUT2D eigenvalue weighted by Gasteiger charge is 2.12. The van der Waals surface area contributed by atoms with Gasteiger partial charge in [-0.15, -0.1) is 24.0 Å². The zero-order valence-electron chi connectivity index (χ0n) is 17.1. The Morgan fingerprint density at radius 3 is 2.57 bits per heavy atom. The Kier molecular flexibility index (Phi) is 11.4. The number of nitrogens with zero attached hydrogens (tertiary/aromatic N) is 3. The summed E-state index contributed by atoms with van der Waals surface area (Å²) in [4.78, 5) is 8.70. The minimum absolute atomic E-state index is 0. The quantitative estimate of drug-likeness (QED) is 0.296. The van der Waals surface area contributed by atoms with E-state index in [2.05, 4.69) is 40.5 Å². The van der Waals surface area contributed by atoms with Crippen LogP contribution in [-0.2, 0) is 6.54 Å². The topological polar surface area (TPSA) is 72.7 Å². The lowest BCUT2D eigenvalue weighted by atomic mass is 10.1. The highest BCUT2D eigenvalue weighted by Crippen LogP contribution is 2.30. The minimum Gasteiger partial charge on any atom is -0.490 e. The number of benzene rings is 1. The highest BCUT2D eigenvalue weighted by atomic mass is 127. The molecule has 2 N–H and O–H groups in total. The average molecular weight is 501 g/mol. The number of hydrogen-bond donors (Lipinski definition) is 2. The molecule has 7 nitrogen and oxygen atoms in total. The zero-order chi connectivity index (χ0) is 19.5. The fraction of sp³-hybridized carbons (Fsp3) is 0.500. The minimum atomic E-state index is 0. The summed E-state index contributed by atoms with van der Waals surface area (Å²) in [5, 5.41) is 6.75. The van der Waals surface area contributed by atoms with E-state index in [1.54, 1.807) is 12.5 Å². The first-order chi connectivity index (χ1) is 13.2. The van der Waals surface area contributed by atoms with Crippen LogP contribution in [0.4, 0.5) is 0 Å². The molecular weight excluding hydrogens is 469 g/mol. The van der Waals surface area contributed by atoms with Crippen LogP contribution >= 0.6 is 24.0 Å². The van der Waals surface area contributed by atoms with E-state index in [4.69, 9.17) is 9.47 Å². The van der Waals surface area contributed by atoms with Gasteiger partial charge in [0.05, 0.1) is 32.1 Å². The van der Waals surface area contributed by atoms with Crippen molar-refractivity contribution in [1.29, 1.82) is 0 Å². The first kappa shape index (κ1) is 24.1. The van der Waals surface area contributed by atoms with Gasteiger partial charge in [0.1, 0.15) is 0 Å². The van der Waals surface area contributed by atoms with Crippen molar-refractivity contribution >= 4 is 29.9 Å². The van der Waals surface area contributed by atoms with Crippen LogP contribution in [0.1, 0.15) is 39.3 Å². The molecule has 2 aromatic rings. The monoisotopic (exact) mass is 501 g/mol. The third-order valence-corrected chi connectivity index (χ3v) is 3.95. The smallest absolute Gasteiger partial charge is 0.191 e. The van der Waals surface area contributed by atoms with Crippen LogP contribution in [0.5, 0.6) is 11.5 Å². The number of rotatable bonds is 10. The number of aliphatic imine (C=N–C) groups is 1. The molecule has 8 heteroatoms. The lowest BCUT2D eigenvalue weighted by Gasteiger charge is -2.20. The average Bonchev–Trinajstić information content (AvgIpc) is 3.17. The second-order valence-corrected chi connectivity index (χ2v) is 6.00. The van der Waals surface area contributed by atoms with Gasteiger partial charge in [0.15, 0.2) is 17.5 Å². The first-order valence-corrected chi connectivity index (χ1v) is 9.58. The van der Waals surface area contributed by atoms with Gasteiger partial charge in [0, 0.05) is 25.5 Å². The molecule has 1 heterocycles. The fourth-order valence-corrected chi connectivity index (χ4v) is 2.64. The molecule has 0 aliphatic heterocycles. The van der Waals surface area contributed by atoms with E-state index in [0.717, 1.165) is 36.1 Å². The second kappa shape index (κ2) is 13.2. The number of hydrogen-bond acceptors (Lipinski definition) is 4. The van der Waals surface area contributed by atoms with Gasteiger partial charge in [-0.3, -0.25) is 4.99 Å². The lowest BCUT2D eigenvalue weighted by molar-refractivity contribution is 0.287. The first-order valence-electron chi connectivity index (χ1n) is 9.58. The molecule has 156 valence electrons. The molecule has 1 atom stereocenters. The number of imidazole rings is 1. The fourth-order valence-electron chi connectivity index (χ4n) is 2.64. The number of halogens is 1. The Hall–Kier alpha value is -1.97. The molecular formula is C20H32IN5O2. The van der Waals surface area contributed by atoms with E-state index in [1.807, 2.05) is 36.7 Å². The molecule has 0 saturated carbocycles. The van der Waals surface area contributed by atoms with E-state index >= 15 is 0 Å². The summed E-state index contributed by atoms with van der Waals surface area (Å²) in [6, 6.07) is 6.12. The van der Waals surface area contributed by atoms with Crippen LogP contribution in [0.25, 0.3) is 0 Å². The van der Waals surface area contributed by atoms with E-state index in [-0.39, 0.29) is 30.0 Å². The lowest BCUT2D eigenvalue weighted by Crippen LogP contribution is -2.39. The molecule has 0 radical (unpaired) electrons. The highest BCUT2D eigenvalue weighted by molar-refractivity contribution is 14.0. The van der Waals surface area contributed by atoms with Crippen LogP contribution in [0.3, 0.4) is 0 Å². The molecule has 28 heavy (non-hydrogen) atoms. The predicted octanol–water partition coefficient (Wildman–Crippen LogP) is 3.61. The van der Waals surface area contributed by atoms with Crippen molar-refractivity contribution in [3.63, 3.8) is 0 Å². The number of aromatic nitrogens is 2. The molecule has 0 aliphatic rings. The zero-order valence-corrected chi connectivity index (χ0v) is 19.5. The maximum Gasteiger partial charge on any atom is 0.191 e. The Bertz CT molecular complexity index is 707. The Labute approximate surface area is 185 Å². The summed E-state index contributed by atoms with van der Waals surface area (Å²) in [6.07, 6.45) is 5.51. The summed E-state index contributed by atoms with van der Waals surface area (Å²) in [5.74, 6) is 2.33. The third-order valence-electron chi connectivity index (χ3n) is 3.95. The van der Waals surface area contributed by atoms with Crippen LogP contribution in [0.15, 0.2) is 41.9 Å². The number of nitrogens with one attached hydrogen (secondary N) is 2. The van der Waals surface area contributed by atoms with Crippen LogP contribution in [0.2, 0.25) is 0 Å². The standard InChI is InChI=1S/C20H31N5O2.HI/c1-5-22-20(23-11-13-25-12-10-21-15-25)24-16(4)17-8-9-18(26-6-2)19(14-17)27-7-3;/h8-10,12,14-16H,5-7,11,13H2,1-4H3,(H2,22,23,24);1H. The summed E-state index contributed by atoms with van der Waals surface area (Å²) in [5.41, 5.74) is 1.11. The molecule has 0 fully saturated rings. The Morgan fingerprint density at radius 2 is 1.93 bits per heavy atom. The molecule has 1 unspecified atom stereocenters. The van der Waals surface area contributed by atoms with Gasteiger partial charge in [0.2, 0.25) is 0 Å². The van der Waals surface area contributed by atoms with Crippen molar-refractivity contribution in [1.82, 2.24) is 20.2 Å². The van der Waals surface area contributed by atoms with Crippen LogP contribution in [-0.4, -0.2) is 41.8 Å². The van der Waals surface area contributed by atoms with Gasteiger partial charge in [-0.1, -0.05) is 6.07 Å². The summed E-state index contributed by atoms with van der Waals surface area (Å²) in [6.45, 7) is 11.6. The van der Waals surface area contributed by atoms with Crippen molar-refractivity contribution in [3.05, 3.63) is 42.5 Å². The van der Waals surface area contributed by atoms with Crippen molar-refractivity contribution in [2.24, 2.45) is 4.99 Å². The van der Waals surface area contributed by atoms with Gasteiger partial charge < -0.3 is 24.7 Å². The van der Waals surface area contributed by atoms with Crippen molar-refractivity contribution < 1.29 is 9.47 Å². The second-order valence-electron chi connectivity index (χ2n) is 6.00. The summed E-state index contributed by atoms with van der Waals surface area (Å²) < 4.78 is 13.4. The predicted molar refractivity (Wildman–Crippen MR) is 124 cm³/mol. The molecule has 0 spiro atoms. The van der Waals surface area contributed by atoms with E-state index < -0.39 is 0 Å². The number of ether oxygens (including phenoxy) is 2. The normalized spacial score (nSPS) is 12.1. The van der Waals surface area contributed by atoms with Gasteiger partial charge in [-0.25, -0.2) is 4.98 Å². The molecule has 2 rings (SSSR count). The van der Waals surface area contributed by atoms with Crippen molar-refractivity contribution in [2.75, 3.05) is 26.3 Å². The third kappa shape index (κ3) is 7.57. The van der Waals surface area contributed by atoms with Crippen molar-refractivity contribution in [2.45, 2.75) is 40.3 Å². The molecule has 1 aromatic heterocycles. The van der Waals surface area contributed by atoms with Crippen LogP contribution < -0.4 is 20.1 Å². The van der Waals surface area contributed by atoms with Gasteiger partial charge >= 0.3 is 0 Å². The van der Waals surface area contributed by atoms with Crippen LogP contribution in [0, 0.1) is 0 Å². The molecule has 0 amide bonds. The molecule has 0 aliphatic carbocycles. The maximum absolute atomic E-state index is 5.73. The van der Waals surface area contributed by atoms with E-state index in [9.17, 15) is 0 Å². The molecule has 1 aromatic carbocycles. The Morgan fingerprint density at radius 1 is 1.18 bits per heavy atom. The SMILES string of the molecule is CCNC(=NCCn1ccnc1)NC(C)c1ccc(OCC)c(OCC)c1.I. The van der Waals surface area contributed by atoms with E-state index in [0.29, 0.717) is 19.8 Å². The molecule has 0 saturated heterocycles. The molecule has 0 bridgehead atoms. The van der Waals surface area contributed by atoms with Crippen molar-refractivity contribution in [3.8, 4) is 11.5 Å². The van der Waals surface area contributed by atoms with Gasteiger partial charge in [-0.2, -0.15) is 0 Å². The Balaban J connectivity index is 0.00000392. The van der Waals surface area contributed by atoms with Gasteiger partial charge in [-0.05, 0) is 45.4 Å². The van der Waals surface area contributed by atoms with E-state index in [1.165, 1.54) is 0 Å². The summed E-state index contributed by atoms with van der Waals surface area (Å²) >= 11 is 0. The number of guanidine groups is 1.